The monoisotopic (exact) mass is 222 g/mol. The van der Waals surface area contributed by atoms with Crippen LogP contribution < -0.4 is 0 Å². The summed E-state index contributed by atoms with van der Waals surface area (Å²) in [5, 5.41) is 8.82. The third kappa shape index (κ3) is 9.72. The lowest BCUT2D eigenvalue weighted by atomic mass is 10.1. The highest BCUT2D eigenvalue weighted by molar-refractivity contribution is 5.04. The average Bonchev–Trinajstić information content (AvgIpc) is 2.23. The van der Waals surface area contributed by atoms with Crippen LogP contribution in [0.4, 0.5) is 0 Å². The summed E-state index contributed by atoms with van der Waals surface area (Å²) in [5.41, 5.74) is 3.93. The number of allylic oxidation sites excluding steroid dienone is 5. The maximum Gasteiger partial charge on any atom is 0.0639 e. The van der Waals surface area contributed by atoms with Gasteiger partial charge in [-0.1, -0.05) is 34.9 Å². The molecule has 0 saturated carbocycles. The van der Waals surface area contributed by atoms with Crippen molar-refractivity contribution in [2.24, 2.45) is 0 Å². The zero-order valence-corrected chi connectivity index (χ0v) is 11.2. The van der Waals surface area contributed by atoms with Gasteiger partial charge in [0.2, 0.25) is 0 Å². The Kier molecular flexibility index (Phi) is 8.93. The first kappa shape index (κ1) is 15.2. The maximum absolute atomic E-state index is 8.82. The number of rotatable bonds is 7. The Morgan fingerprint density at radius 3 is 1.88 bits per heavy atom. The molecule has 0 aromatic heterocycles. The molecule has 16 heavy (non-hydrogen) atoms. The first-order valence-electron chi connectivity index (χ1n) is 6.11. The fourth-order valence-electron chi connectivity index (χ4n) is 1.41. The lowest BCUT2D eigenvalue weighted by Gasteiger charge is -1.99. The first-order chi connectivity index (χ1) is 7.56. The molecule has 1 heteroatoms. The standard InChI is InChI=1S/C15H26O/c1-13(2)8-7-11-14(3)9-5-6-10-15(4)12-16/h8-10,16H,5-7,11-12H2,1-4H3/b14-9+,15-10+. The Labute approximate surface area is 101 Å². The van der Waals surface area contributed by atoms with E-state index in [1.807, 2.05) is 6.92 Å². The summed E-state index contributed by atoms with van der Waals surface area (Å²) < 4.78 is 0. The van der Waals surface area contributed by atoms with E-state index in [4.69, 9.17) is 5.11 Å². The largest absolute Gasteiger partial charge is 0.392 e. The van der Waals surface area contributed by atoms with Crippen LogP contribution in [0.3, 0.4) is 0 Å². The lowest BCUT2D eigenvalue weighted by Crippen LogP contribution is -1.83. The lowest BCUT2D eigenvalue weighted by molar-refractivity contribution is 0.331. The summed E-state index contributed by atoms with van der Waals surface area (Å²) in [6, 6.07) is 0. The van der Waals surface area contributed by atoms with Gasteiger partial charge in [0.1, 0.15) is 0 Å². The molecule has 0 unspecified atom stereocenters. The number of aliphatic hydroxyl groups is 1. The molecule has 0 aliphatic heterocycles. The molecule has 0 atom stereocenters. The van der Waals surface area contributed by atoms with Gasteiger partial charge in [0.05, 0.1) is 6.61 Å². The Balaban J connectivity index is 3.75. The van der Waals surface area contributed by atoms with Crippen LogP contribution in [0, 0.1) is 0 Å². The highest BCUT2D eigenvalue weighted by atomic mass is 16.3. The molecule has 0 bridgehead atoms. The third-order valence-electron chi connectivity index (χ3n) is 2.49. The van der Waals surface area contributed by atoms with Crippen molar-refractivity contribution in [3.05, 3.63) is 34.9 Å². The van der Waals surface area contributed by atoms with E-state index in [1.54, 1.807) is 0 Å². The molecular formula is C15H26O. The molecule has 0 fully saturated rings. The predicted octanol–water partition coefficient (Wildman–Crippen LogP) is 4.40. The molecule has 0 aromatic carbocycles. The first-order valence-corrected chi connectivity index (χ1v) is 6.11. The van der Waals surface area contributed by atoms with E-state index in [1.165, 1.54) is 11.1 Å². The number of unbranched alkanes of at least 4 members (excludes halogenated alkanes) is 1. The SMILES string of the molecule is CC(C)=CCC/C(C)=C/CC/C=C(\C)CO. The molecule has 0 saturated heterocycles. The topological polar surface area (TPSA) is 20.2 Å². The van der Waals surface area contributed by atoms with Gasteiger partial charge in [0.15, 0.2) is 0 Å². The quantitative estimate of drug-likeness (QED) is 0.500. The Morgan fingerprint density at radius 1 is 0.812 bits per heavy atom. The molecule has 0 radical (unpaired) electrons. The molecule has 1 nitrogen and oxygen atoms in total. The predicted molar refractivity (Wildman–Crippen MR) is 72.5 cm³/mol. The van der Waals surface area contributed by atoms with E-state index in [-0.39, 0.29) is 6.61 Å². The van der Waals surface area contributed by atoms with E-state index < -0.39 is 0 Å². The zero-order chi connectivity index (χ0) is 12.4. The van der Waals surface area contributed by atoms with Crippen molar-refractivity contribution < 1.29 is 5.11 Å². The number of hydrogen-bond donors (Lipinski definition) is 1. The van der Waals surface area contributed by atoms with E-state index in [0.717, 1.165) is 31.3 Å². The second-order valence-corrected chi connectivity index (χ2v) is 4.66. The van der Waals surface area contributed by atoms with Crippen LogP contribution in [0.25, 0.3) is 0 Å². The van der Waals surface area contributed by atoms with Crippen LogP contribution in [0.15, 0.2) is 34.9 Å². The molecule has 0 aromatic rings. The summed E-state index contributed by atoms with van der Waals surface area (Å²) in [7, 11) is 0. The molecule has 92 valence electrons. The highest BCUT2D eigenvalue weighted by Crippen LogP contribution is 2.09. The maximum atomic E-state index is 8.82. The van der Waals surface area contributed by atoms with Gasteiger partial charge in [-0.05, 0) is 53.4 Å². The van der Waals surface area contributed by atoms with Gasteiger partial charge in [0.25, 0.3) is 0 Å². The molecule has 1 N–H and O–H groups in total. The fraction of sp³-hybridized carbons (Fsp3) is 0.600. The Hall–Kier alpha value is -0.820. The zero-order valence-electron chi connectivity index (χ0n) is 11.2. The minimum absolute atomic E-state index is 0.184. The van der Waals surface area contributed by atoms with Crippen LogP contribution >= 0.6 is 0 Å². The van der Waals surface area contributed by atoms with Gasteiger partial charge >= 0.3 is 0 Å². The van der Waals surface area contributed by atoms with Crippen LogP contribution in [0.2, 0.25) is 0 Å². The van der Waals surface area contributed by atoms with Gasteiger partial charge in [-0.15, -0.1) is 0 Å². The normalized spacial score (nSPS) is 12.8. The minimum Gasteiger partial charge on any atom is -0.392 e. The summed E-state index contributed by atoms with van der Waals surface area (Å²) >= 11 is 0. The second-order valence-electron chi connectivity index (χ2n) is 4.66. The molecule has 0 amide bonds. The highest BCUT2D eigenvalue weighted by Gasteiger charge is 1.89. The van der Waals surface area contributed by atoms with Crippen LogP contribution in [-0.2, 0) is 0 Å². The molecule has 0 aliphatic rings. The Morgan fingerprint density at radius 2 is 1.38 bits per heavy atom. The van der Waals surface area contributed by atoms with Crippen molar-refractivity contribution in [1.82, 2.24) is 0 Å². The summed E-state index contributed by atoms with van der Waals surface area (Å²) in [6.07, 6.45) is 11.1. The minimum atomic E-state index is 0.184. The van der Waals surface area contributed by atoms with Crippen LogP contribution in [0.5, 0.6) is 0 Å². The van der Waals surface area contributed by atoms with Crippen molar-refractivity contribution in [2.45, 2.75) is 53.4 Å². The third-order valence-corrected chi connectivity index (χ3v) is 2.49. The van der Waals surface area contributed by atoms with E-state index in [9.17, 15) is 0 Å². The van der Waals surface area contributed by atoms with Gasteiger partial charge < -0.3 is 5.11 Å². The van der Waals surface area contributed by atoms with Gasteiger partial charge in [-0.2, -0.15) is 0 Å². The molecule has 0 rings (SSSR count). The number of aliphatic hydroxyl groups excluding tert-OH is 1. The fourth-order valence-corrected chi connectivity index (χ4v) is 1.41. The molecule has 0 spiro atoms. The smallest absolute Gasteiger partial charge is 0.0639 e. The van der Waals surface area contributed by atoms with Crippen molar-refractivity contribution in [2.75, 3.05) is 6.61 Å². The molecule has 0 aliphatic carbocycles. The van der Waals surface area contributed by atoms with Gasteiger partial charge in [-0.3, -0.25) is 0 Å². The summed E-state index contributed by atoms with van der Waals surface area (Å²) in [6.45, 7) is 8.62. The van der Waals surface area contributed by atoms with Crippen molar-refractivity contribution in [3.8, 4) is 0 Å². The summed E-state index contributed by atoms with van der Waals surface area (Å²) in [5.74, 6) is 0. The van der Waals surface area contributed by atoms with Crippen LogP contribution in [-0.4, -0.2) is 11.7 Å². The van der Waals surface area contributed by atoms with Crippen molar-refractivity contribution in [1.29, 1.82) is 0 Å². The van der Waals surface area contributed by atoms with E-state index in [0.29, 0.717) is 0 Å². The summed E-state index contributed by atoms with van der Waals surface area (Å²) in [4.78, 5) is 0. The number of hydrogen-bond acceptors (Lipinski definition) is 1. The van der Waals surface area contributed by atoms with Crippen LogP contribution in [0.1, 0.15) is 53.4 Å². The van der Waals surface area contributed by atoms with Gasteiger partial charge in [0, 0.05) is 0 Å². The second kappa shape index (κ2) is 9.41. The van der Waals surface area contributed by atoms with Crippen molar-refractivity contribution in [3.63, 3.8) is 0 Å². The van der Waals surface area contributed by atoms with Gasteiger partial charge in [-0.25, -0.2) is 0 Å². The van der Waals surface area contributed by atoms with E-state index >= 15 is 0 Å². The average molecular weight is 222 g/mol. The molecule has 0 heterocycles. The Bertz CT molecular complexity index is 265. The molecular weight excluding hydrogens is 196 g/mol. The van der Waals surface area contributed by atoms with E-state index in [2.05, 4.69) is 39.0 Å². The van der Waals surface area contributed by atoms with Crippen molar-refractivity contribution >= 4 is 0 Å².